The molecule has 0 bridgehead atoms. The first-order valence-electron chi connectivity index (χ1n) is 9.84. The predicted molar refractivity (Wildman–Crippen MR) is 103 cm³/mol. The van der Waals surface area contributed by atoms with Crippen LogP contribution in [0, 0.1) is 5.41 Å². The molecule has 2 atom stereocenters. The average molecular weight is 365 g/mol. The number of rotatable bonds is 9. The minimum Gasteiger partial charge on any atom is -0.378 e. The molecular weight excluding hydrogens is 332 g/mol. The Bertz CT molecular complexity index is 540. The summed E-state index contributed by atoms with van der Waals surface area (Å²) in [5, 5.41) is 5.14. The van der Waals surface area contributed by atoms with Gasteiger partial charge in [0, 0.05) is 22.9 Å². The fourth-order valence-corrected chi connectivity index (χ4v) is 5.48. The fraction of sp³-hybridized carbons (Fsp3) is 0.750. The molecule has 0 saturated heterocycles. The standard InChI is InChI=1S/C20H32N2O2S/c1-3-11-22(15-19(23)21-14-16-8-7-12-25-16)17-13-18(24-4-2)20(17)9-5-6-10-20/h7-8,12,17-18H,3-6,9-11,13-15H2,1-2H3,(H,21,23). The normalized spacial score (nSPS) is 24.6. The summed E-state index contributed by atoms with van der Waals surface area (Å²) in [5.74, 6) is 0.148. The van der Waals surface area contributed by atoms with Gasteiger partial charge in [-0.3, -0.25) is 9.69 Å². The highest BCUT2D eigenvalue weighted by Gasteiger charge is 2.58. The summed E-state index contributed by atoms with van der Waals surface area (Å²) >= 11 is 1.69. The smallest absolute Gasteiger partial charge is 0.234 e. The second-order valence-corrected chi connectivity index (χ2v) is 8.49. The van der Waals surface area contributed by atoms with Gasteiger partial charge in [-0.05, 0) is 50.6 Å². The Morgan fingerprint density at radius 3 is 2.84 bits per heavy atom. The summed E-state index contributed by atoms with van der Waals surface area (Å²) in [5.41, 5.74) is 0.305. The van der Waals surface area contributed by atoms with Crippen molar-refractivity contribution in [1.29, 1.82) is 0 Å². The zero-order valence-electron chi connectivity index (χ0n) is 15.6. The van der Waals surface area contributed by atoms with Gasteiger partial charge in [-0.2, -0.15) is 0 Å². The Kier molecular flexibility index (Phi) is 6.53. The Balaban J connectivity index is 1.59. The third-order valence-electron chi connectivity index (χ3n) is 5.98. The number of hydrogen-bond donors (Lipinski definition) is 1. The van der Waals surface area contributed by atoms with Gasteiger partial charge in [0.15, 0.2) is 0 Å². The monoisotopic (exact) mass is 364 g/mol. The van der Waals surface area contributed by atoms with Crippen molar-refractivity contribution in [1.82, 2.24) is 10.2 Å². The van der Waals surface area contributed by atoms with Crippen LogP contribution in [-0.2, 0) is 16.1 Å². The quantitative estimate of drug-likeness (QED) is 0.724. The second kappa shape index (κ2) is 8.65. The van der Waals surface area contributed by atoms with E-state index in [2.05, 4.69) is 35.5 Å². The lowest BCUT2D eigenvalue weighted by atomic mass is 9.60. The van der Waals surface area contributed by atoms with Crippen molar-refractivity contribution in [3.05, 3.63) is 22.4 Å². The van der Waals surface area contributed by atoms with Crippen LogP contribution in [0.15, 0.2) is 17.5 Å². The molecule has 1 spiro atoms. The highest BCUT2D eigenvalue weighted by Crippen LogP contribution is 2.56. The van der Waals surface area contributed by atoms with Crippen molar-refractivity contribution >= 4 is 17.2 Å². The maximum absolute atomic E-state index is 12.5. The van der Waals surface area contributed by atoms with Crippen LogP contribution in [0.3, 0.4) is 0 Å². The molecule has 2 saturated carbocycles. The number of nitrogens with zero attached hydrogens (tertiary/aromatic N) is 1. The molecule has 1 heterocycles. The average Bonchev–Trinajstić information content (AvgIpc) is 3.29. The van der Waals surface area contributed by atoms with Crippen LogP contribution in [-0.4, -0.2) is 42.6 Å². The predicted octanol–water partition coefficient (Wildman–Crippen LogP) is 3.81. The topological polar surface area (TPSA) is 41.6 Å². The molecule has 2 aliphatic rings. The first-order chi connectivity index (χ1) is 12.2. The number of thiophene rings is 1. The highest BCUT2D eigenvalue weighted by atomic mass is 32.1. The summed E-state index contributed by atoms with van der Waals surface area (Å²) in [4.78, 5) is 16.1. The number of amides is 1. The van der Waals surface area contributed by atoms with E-state index in [0.29, 0.717) is 30.7 Å². The summed E-state index contributed by atoms with van der Waals surface area (Å²) in [6.07, 6.45) is 7.72. The van der Waals surface area contributed by atoms with E-state index in [9.17, 15) is 4.79 Å². The number of ether oxygens (including phenoxy) is 1. The molecular formula is C20H32N2O2S. The van der Waals surface area contributed by atoms with Crippen LogP contribution in [0.5, 0.6) is 0 Å². The van der Waals surface area contributed by atoms with Crippen LogP contribution in [0.4, 0.5) is 0 Å². The van der Waals surface area contributed by atoms with Crippen LogP contribution in [0.1, 0.15) is 57.2 Å². The van der Waals surface area contributed by atoms with Crippen molar-refractivity contribution in [2.24, 2.45) is 5.41 Å². The molecule has 3 rings (SSSR count). The van der Waals surface area contributed by atoms with E-state index >= 15 is 0 Å². The van der Waals surface area contributed by atoms with Gasteiger partial charge in [0.25, 0.3) is 0 Å². The maximum Gasteiger partial charge on any atom is 0.234 e. The molecule has 1 aromatic rings. The molecule has 25 heavy (non-hydrogen) atoms. The van der Waals surface area contributed by atoms with Gasteiger partial charge in [0.1, 0.15) is 0 Å². The van der Waals surface area contributed by atoms with E-state index in [1.807, 2.05) is 6.07 Å². The van der Waals surface area contributed by atoms with Gasteiger partial charge < -0.3 is 10.1 Å². The molecule has 0 radical (unpaired) electrons. The zero-order valence-corrected chi connectivity index (χ0v) is 16.4. The summed E-state index contributed by atoms with van der Waals surface area (Å²) < 4.78 is 6.05. The summed E-state index contributed by atoms with van der Waals surface area (Å²) in [6, 6.07) is 4.61. The van der Waals surface area contributed by atoms with Crippen molar-refractivity contribution in [3.8, 4) is 0 Å². The molecule has 2 fully saturated rings. The maximum atomic E-state index is 12.5. The molecule has 4 nitrogen and oxygen atoms in total. The Labute approximate surface area is 155 Å². The van der Waals surface area contributed by atoms with E-state index in [1.165, 1.54) is 30.6 Å². The lowest BCUT2D eigenvalue weighted by Gasteiger charge is -2.57. The second-order valence-electron chi connectivity index (χ2n) is 7.46. The van der Waals surface area contributed by atoms with Crippen molar-refractivity contribution in [3.63, 3.8) is 0 Å². The first kappa shape index (κ1) is 18.9. The van der Waals surface area contributed by atoms with Gasteiger partial charge in [0.05, 0.1) is 19.2 Å². The van der Waals surface area contributed by atoms with Crippen LogP contribution in [0.25, 0.3) is 0 Å². The first-order valence-corrected chi connectivity index (χ1v) is 10.7. The van der Waals surface area contributed by atoms with E-state index in [4.69, 9.17) is 4.74 Å². The van der Waals surface area contributed by atoms with E-state index in [-0.39, 0.29) is 5.91 Å². The molecule has 2 aliphatic carbocycles. The molecule has 2 unspecified atom stereocenters. The number of hydrogen-bond acceptors (Lipinski definition) is 4. The molecule has 1 aromatic heterocycles. The van der Waals surface area contributed by atoms with Gasteiger partial charge in [0.2, 0.25) is 5.91 Å². The largest absolute Gasteiger partial charge is 0.378 e. The molecule has 0 aliphatic heterocycles. The minimum atomic E-state index is 0.148. The molecule has 5 heteroatoms. The lowest BCUT2D eigenvalue weighted by molar-refractivity contribution is -0.167. The van der Waals surface area contributed by atoms with E-state index < -0.39 is 0 Å². The summed E-state index contributed by atoms with van der Waals surface area (Å²) in [6.45, 7) is 7.26. The van der Waals surface area contributed by atoms with Gasteiger partial charge in [-0.15, -0.1) is 11.3 Å². The van der Waals surface area contributed by atoms with Crippen LogP contribution >= 0.6 is 11.3 Å². The third-order valence-corrected chi connectivity index (χ3v) is 6.86. The Morgan fingerprint density at radius 1 is 1.40 bits per heavy atom. The third kappa shape index (κ3) is 4.09. The van der Waals surface area contributed by atoms with Crippen molar-refractivity contribution in [2.75, 3.05) is 19.7 Å². The van der Waals surface area contributed by atoms with Gasteiger partial charge in [-0.25, -0.2) is 0 Å². The molecule has 0 aromatic carbocycles. The molecule has 140 valence electrons. The van der Waals surface area contributed by atoms with Gasteiger partial charge in [-0.1, -0.05) is 25.8 Å². The fourth-order valence-electron chi connectivity index (χ4n) is 4.83. The van der Waals surface area contributed by atoms with Crippen LogP contribution in [0.2, 0.25) is 0 Å². The van der Waals surface area contributed by atoms with Crippen molar-refractivity contribution in [2.45, 2.75) is 71.1 Å². The van der Waals surface area contributed by atoms with E-state index in [1.54, 1.807) is 11.3 Å². The molecule has 1 amide bonds. The number of carbonyl (C=O) groups excluding carboxylic acids is 1. The Hall–Kier alpha value is -0.910. The highest BCUT2D eigenvalue weighted by molar-refractivity contribution is 7.09. The molecule has 1 N–H and O–H groups in total. The van der Waals surface area contributed by atoms with Crippen molar-refractivity contribution < 1.29 is 9.53 Å². The zero-order chi connectivity index (χ0) is 17.7. The van der Waals surface area contributed by atoms with Crippen LogP contribution < -0.4 is 5.32 Å². The Morgan fingerprint density at radius 2 is 2.20 bits per heavy atom. The minimum absolute atomic E-state index is 0.148. The number of nitrogens with one attached hydrogen (secondary N) is 1. The summed E-state index contributed by atoms with van der Waals surface area (Å²) in [7, 11) is 0. The SMILES string of the molecule is CCCN(CC(=O)NCc1cccs1)C1CC(OCC)C12CCCC2. The number of carbonyl (C=O) groups is 1. The lowest BCUT2D eigenvalue weighted by Crippen LogP contribution is -2.64. The van der Waals surface area contributed by atoms with Gasteiger partial charge >= 0.3 is 0 Å². The van der Waals surface area contributed by atoms with E-state index in [0.717, 1.165) is 26.0 Å².